The van der Waals surface area contributed by atoms with E-state index in [1.54, 1.807) is 0 Å². The van der Waals surface area contributed by atoms with Crippen LogP contribution in [0.25, 0.3) is 0 Å². The van der Waals surface area contributed by atoms with Crippen molar-refractivity contribution in [3.05, 3.63) is 144 Å². The Bertz CT molecular complexity index is 1390. The van der Waals surface area contributed by atoms with Crippen LogP contribution in [0.3, 0.4) is 0 Å². The van der Waals surface area contributed by atoms with Gasteiger partial charge in [0.2, 0.25) is 0 Å². The molecule has 7 nitrogen and oxygen atoms in total. The molecular weight excluding hydrogens is 530 g/mol. The number of nitrogens with one attached hydrogen (secondary N) is 1. The number of hydrogen-bond acceptors (Lipinski definition) is 5. The SMILES string of the molecule is O=CC1C(OCc2ccccc2)C(OCc2ccccc2)C(OCc2ccccc2)C1C(NC(=O)O)c1ccccc1. The highest BCUT2D eigenvalue weighted by Crippen LogP contribution is 2.45. The highest BCUT2D eigenvalue weighted by molar-refractivity contribution is 5.66. The van der Waals surface area contributed by atoms with Crippen molar-refractivity contribution in [2.45, 2.75) is 44.2 Å². The number of ether oxygens (including phenoxy) is 3. The summed E-state index contributed by atoms with van der Waals surface area (Å²) in [5, 5.41) is 12.6. The summed E-state index contributed by atoms with van der Waals surface area (Å²) in [5.41, 5.74) is 3.61. The van der Waals surface area contributed by atoms with Crippen LogP contribution in [0.15, 0.2) is 121 Å². The van der Waals surface area contributed by atoms with E-state index in [2.05, 4.69) is 5.32 Å². The van der Waals surface area contributed by atoms with Crippen LogP contribution >= 0.6 is 0 Å². The minimum atomic E-state index is -1.19. The molecule has 6 atom stereocenters. The average molecular weight is 566 g/mol. The first-order valence-corrected chi connectivity index (χ1v) is 14.1. The van der Waals surface area contributed by atoms with E-state index in [4.69, 9.17) is 14.2 Å². The van der Waals surface area contributed by atoms with E-state index in [1.165, 1.54) is 0 Å². The van der Waals surface area contributed by atoms with Crippen molar-refractivity contribution < 1.29 is 28.9 Å². The first kappa shape index (κ1) is 29.2. The molecule has 216 valence electrons. The average Bonchev–Trinajstić information content (AvgIpc) is 3.34. The molecule has 0 spiro atoms. The summed E-state index contributed by atoms with van der Waals surface area (Å²) in [6, 6.07) is 37.8. The van der Waals surface area contributed by atoms with Gasteiger partial charge in [-0.25, -0.2) is 4.79 Å². The van der Waals surface area contributed by atoms with Crippen LogP contribution in [0.5, 0.6) is 0 Å². The maximum absolute atomic E-state index is 12.9. The predicted molar refractivity (Wildman–Crippen MR) is 158 cm³/mol. The lowest BCUT2D eigenvalue weighted by molar-refractivity contribution is -0.134. The van der Waals surface area contributed by atoms with Gasteiger partial charge in [0.25, 0.3) is 0 Å². The van der Waals surface area contributed by atoms with Gasteiger partial charge in [-0.05, 0) is 22.3 Å². The number of aldehydes is 1. The van der Waals surface area contributed by atoms with Crippen molar-refractivity contribution >= 4 is 12.4 Å². The molecule has 0 radical (unpaired) electrons. The number of carboxylic acid groups (broad SMARTS) is 1. The van der Waals surface area contributed by atoms with Crippen molar-refractivity contribution in [1.29, 1.82) is 0 Å². The first-order chi connectivity index (χ1) is 20.6. The minimum absolute atomic E-state index is 0.263. The quantitative estimate of drug-likeness (QED) is 0.188. The molecule has 0 saturated heterocycles. The lowest BCUT2D eigenvalue weighted by Gasteiger charge is -2.32. The fourth-order valence-electron chi connectivity index (χ4n) is 5.74. The molecule has 42 heavy (non-hydrogen) atoms. The van der Waals surface area contributed by atoms with Gasteiger partial charge in [0.15, 0.2) is 0 Å². The van der Waals surface area contributed by atoms with E-state index in [-0.39, 0.29) is 19.8 Å². The molecule has 0 heterocycles. The number of carbonyl (C=O) groups excluding carboxylic acids is 1. The summed E-state index contributed by atoms with van der Waals surface area (Å²) in [5.74, 6) is -1.32. The summed E-state index contributed by atoms with van der Waals surface area (Å²) < 4.78 is 19.7. The summed E-state index contributed by atoms with van der Waals surface area (Å²) in [6.07, 6.45) is -2.32. The molecule has 1 amide bonds. The minimum Gasteiger partial charge on any atom is -0.465 e. The summed E-state index contributed by atoms with van der Waals surface area (Å²) >= 11 is 0. The van der Waals surface area contributed by atoms with Crippen LogP contribution in [0.2, 0.25) is 0 Å². The second-order valence-corrected chi connectivity index (χ2v) is 10.4. The van der Waals surface area contributed by atoms with Crippen LogP contribution < -0.4 is 5.32 Å². The van der Waals surface area contributed by atoms with E-state index < -0.39 is 42.3 Å². The van der Waals surface area contributed by atoms with Crippen molar-refractivity contribution in [2.75, 3.05) is 0 Å². The molecule has 7 heteroatoms. The van der Waals surface area contributed by atoms with Crippen LogP contribution in [0.1, 0.15) is 28.3 Å². The van der Waals surface area contributed by atoms with Crippen LogP contribution in [-0.4, -0.2) is 35.8 Å². The number of benzene rings is 4. The monoisotopic (exact) mass is 565 g/mol. The van der Waals surface area contributed by atoms with Crippen LogP contribution in [0, 0.1) is 11.8 Å². The smallest absolute Gasteiger partial charge is 0.405 e. The third kappa shape index (κ3) is 7.31. The third-order valence-corrected chi connectivity index (χ3v) is 7.69. The molecular formula is C35H35NO6. The topological polar surface area (TPSA) is 94.1 Å². The lowest BCUT2D eigenvalue weighted by atomic mass is 9.83. The Balaban J connectivity index is 1.54. The fourth-order valence-corrected chi connectivity index (χ4v) is 5.74. The zero-order chi connectivity index (χ0) is 29.1. The zero-order valence-electron chi connectivity index (χ0n) is 23.2. The molecule has 1 aliphatic rings. The second-order valence-electron chi connectivity index (χ2n) is 10.4. The molecule has 1 saturated carbocycles. The molecule has 2 N–H and O–H groups in total. The molecule has 4 aromatic rings. The normalized spacial score (nSPS) is 22.3. The Labute approximate surface area is 246 Å². The van der Waals surface area contributed by atoms with Gasteiger partial charge in [0.05, 0.1) is 44.0 Å². The summed E-state index contributed by atoms with van der Waals surface area (Å²) in [7, 11) is 0. The molecule has 0 aromatic heterocycles. The van der Waals surface area contributed by atoms with E-state index in [9.17, 15) is 14.7 Å². The number of carbonyl (C=O) groups is 2. The summed E-state index contributed by atoms with van der Waals surface area (Å²) in [6.45, 7) is 0.808. The molecule has 5 rings (SSSR count). The standard InChI is InChI=1S/C35H35NO6/c37-21-29-30(31(36-35(38)39)28-19-11-4-12-20-28)33(41-23-26-15-7-2-8-16-26)34(42-24-27-17-9-3-10-18-27)32(29)40-22-25-13-5-1-6-14-25/h1-21,29-34,36H,22-24H2,(H,38,39). The van der Waals surface area contributed by atoms with Crippen molar-refractivity contribution in [3.63, 3.8) is 0 Å². The van der Waals surface area contributed by atoms with Crippen LogP contribution in [0.4, 0.5) is 4.79 Å². The maximum Gasteiger partial charge on any atom is 0.405 e. The number of amides is 1. The Morgan fingerprint density at radius 2 is 1.05 bits per heavy atom. The van der Waals surface area contributed by atoms with Gasteiger partial charge in [-0.2, -0.15) is 0 Å². The Kier molecular flexibility index (Phi) is 10.1. The van der Waals surface area contributed by atoms with E-state index in [1.807, 2.05) is 121 Å². The molecule has 1 aliphatic carbocycles. The van der Waals surface area contributed by atoms with Gasteiger partial charge in [-0.1, -0.05) is 121 Å². The molecule has 0 bridgehead atoms. The summed E-state index contributed by atoms with van der Waals surface area (Å²) in [4.78, 5) is 25.0. The van der Waals surface area contributed by atoms with E-state index >= 15 is 0 Å². The first-order valence-electron chi connectivity index (χ1n) is 14.1. The van der Waals surface area contributed by atoms with Crippen molar-refractivity contribution in [3.8, 4) is 0 Å². The van der Waals surface area contributed by atoms with Crippen molar-refractivity contribution in [1.82, 2.24) is 5.32 Å². The van der Waals surface area contributed by atoms with Gasteiger partial charge < -0.3 is 29.4 Å². The molecule has 6 unspecified atom stereocenters. The van der Waals surface area contributed by atoms with Crippen LogP contribution in [-0.2, 0) is 38.8 Å². The van der Waals surface area contributed by atoms with Gasteiger partial charge >= 0.3 is 6.09 Å². The third-order valence-electron chi connectivity index (χ3n) is 7.69. The van der Waals surface area contributed by atoms with Gasteiger partial charge in [0, 0.05) is 5.92 Å². The lowest BCUT2D eigenvalue weighted by Crippen LogP contribution is -2.42. The Morgan fingerprint density at radius 3 is 1.48 bits per heavy atom. The highest BCUT2D eigenvalue weighted by Gasteiger charge is 2.56. The Morgan fingerprint density at radius 1 is 0.643 bits per heavy atom. The molecule has 1 fully saturated rings. The van der Waals surface area contributed by atoms with Gasteiger partial charge in [0.1, 0.15) is 12.4 Å². The predicted octanol–water partition coefficient (Wildman–Crippen LogP) is 6.20. The number of hydrogen-bond donors (Lipinski definition) is 2. The highest BCUT2D eigenvalue weighted by atomic mass is 16.6. The Hall–Kier alpha value is -4.30. The molecule has 4 aromatic carbocycles. The maximum atomic E-state index is 12.9. The largest absolute Gasteiger partial charge is 0.465 e. The van der Waals surface area contributed by atoms with E-state index in [0.717, 1.165) is 28.5 Å². The molecule has 0 aliphatic heterocycles. The number of rotatable bonds is 13. The fraction of sp³-hybridized carbons (Fsp3) is 0.257. The second kappa shape index (κ2) is 14.5. The van der Waals surface area contributed by atoms with Gasteiger partial charge in [-0.3, -0.25) is 0 Å². The van der Waals surface area contributed by atoms with E-state index in [0.29, 0.717) is 0 Å². The zero-order valence-corrected chi connectivity index (χ0v) is 23.2. The van der Waals surface area contributed by atoms with Gasteiger partial charge in [-0.15, -0.1) is 0 Å². The van der Waals surface area contributed by atoms with Crippen molar-refractivity contribution in [2.24, 2.45) is 11.8 Å².